The molecule has 1 aromatic carbocycles. The smallest absolute Gasteiger partial charge is 0.0432 e. The van der Waals surface area contributed by atoms with Gasteiger partial charge in [0.15, 0.2) is 0 Å². The predicted molar refractivity (Wildman–Crippen MR) is 75.5 cm³/mol. The Labute approximate surface area is 109 Å². The average molecular weight is 242 g/mol. The van der Waals surface area contributed by atoms with Crippen LogP contribution in [0.2, 0.25) is 0 Å². The van der Waals surface area contributed by atoms with Crippen LogP contribution in [0.5, 0.6) is 0 Å². The highest BCUT2D eigenvalue weighted by Gasteiger charge is 2.27. The molecule has 96 valence electrons. The van der Waals surface area contributed by atoms with Gasteiger partial charge in [0.05, 0.1) is 0 Å². The first-order valence-electron chi connectivity index (χ1n) is 7.53. The third kappa shape index (κ3) is 1.66. The third-order valence-corrected chi connectivity index (χ3v) is 4.94. The van der Waals surface area contributed by atoms with Crippen LogP contribution in [0, 0.1) is 0 Å². The van der Waals surface area contributed by atoms with Crippen molar-refractivity contribution in [2.75, 3.05) is 31.1 Å². The van der Waals surface area contributed by atoms with Crippen LogP contribution in [0.15, 0.2) is 12.1 Å². The molecule has 0 amide bonds. The molecule has 4 rings (SSSR count). The molecule has 3 aliphatic heterocycles. The minimum Gasteiger partial charge on any atom is -0.371 e. The first-order chi connectivity index (χ1) is 8.92. The normalized spacial score (nSPS) is 23.2. The number of anilines is 1. The summed E-state index contributed by atoms with van der Waals surface area (Å²) >= 11 is 0. The highest BCUT2D eigenvalue weighted by Crippen LogP contribution is 2.39. The Bertz CT molecular complexity index is 460. The van der Waals surface area contributed by atoms with Crippen LogP contribution in [-0.4, -0.2) is 26.2 Å². The van der Waals surface area contributed by atoms with Gasteiger partial charge in [-0.1, -0.05) is 12.1 Å². The summed E-state index contributed by atoms with van der Waals surface area (Å²) in [6.45, 7) is 4.94. The second kappa shape index (κ2) is 4.27. The summed E-state index contributed by atoms with van der Waals surface area (Å²) < 4.78 is 0. The number of hydrogen-bond acceptors (Lipinski definition) is 2. The lowest BCUT2D eigenvalue weighted by atomic mass is 9.86. The first kappa shape index (κ1) is 10.9. The average Bonchev–Trinajstić information content (AvgIpc) is 2.85. The number of nitrogens with one attached hydrogen (secondary N) is 1. The number of aryl methyl sites for hydroxylation is 1. The molecule has 1 saturated heterocycles. The summed E-state index contributed by atoms with van der Waals surface area (Å²) in [7, 11) is 0. The number of hydrogen-bond donors (Lipinski definition) is 1. The molecule has 3 heterocycles. The summed E-state index contributed by atoms with van der Waals surface area (Å²) in [6, 6.07) is 5.06. The van der Waals surface area contributed by atoms with Crippen LogP contribution in [-0.2, 0) is 12.8 Å². The molecule has 1 aromatic rings. The van der Waals surface area contributed by atoms with Gasteiger partial charge in [0, 0.05) is 18.8 Å². The quantitative estimate of drug-likeness (QED) is 0.814. The lowest BCUT2D eigenvalue weighted by Crippen LogP contribution is -2.28. The van der Waals surface area contributed by atoms with Crippen molar-refractivity contribution in [3.8, 4) is 0 Å². The van der Waals surface area contributed by atoms with Gasteiger partial charge < -0.3 is 10.2 Å². The van der Waals surface area contributed by atoms with E-state index in [-0.39, 0.29) is 0 Å². The van der Waals surface area contributed by atoms with Crippen molar-refractivity contribution < 1.29 is 0 Å². The number of benzene rings is 1. The minimum absolute atomic E-state index is 0.809. The van der Waals surface area contributed by atoms with Crippen LogP contribution in [0.25, 0.3) is 0 Å². The molecule has 2 nitrogen and oxygen atoms in total. The summed E-state index contributed by atoms with van der Waals surface area (Å²) in [5, 5.41) is 3.48. The molecular weight excluding hydrogens is 220 g/mol. The molecule has 0 spiro atoms. The lowest BCUT2D eigenvalue weighted by Gasteiger charge is -2.29. The Morgan fingerprint density at radius 1 is 1.00 bits per heavy atom. The summed E-state index contributed by atoms with van der Waals surface area (Å²) in [4.78, 5) is 2.61. The molecule has 18 heavy (non-hydrogen) atoms. The van der Waals surface area contributed by atoms with Gasteiger partial charge in [-0.15, -0.1) is 0 Å². The van der Waals surface area contributed by atoms with Gasteiger partial charge in [-0.05, 0) is 67.8 Å². The molecule has 2 heteroatoms. The van der Waals surface area contributed by atoms with E-state index in [1.165, 1.54) is 58.3 Å². The fourth-order valence-electron chi connectivity index (χ4n) is 4.02. The fraction of sp³-hybridized carbons (Fsp3) is 0.625. The van der Waals surface area contributed by atoms with E-state index in [0.29, 0.717) is 0 Å². The van der Waals surface area contributed by atoms with E-state index in [9.17, 15) is 0 Å². The van der Waals surface area contributed by atoms with Gasteiger partial charge in [0.2, 0.25) is 0 Å². The molecule has 0 atom stereocenters. The van der Waals surface area contributed by atoms with E-state index in [0.717, 1.165) is 5.92 Å². The fourth-order valence-corrected chi connectivity index (χ4v) is 4.02. The molecule has 0 saturated carbocycles. The molecule has 1 fully saturated rings. The van der Waals surface area contributed by atoms with Crippen molar-refractivity contribution in [1.29, 1.82) is 0 Å². The zero-order valence-electron chi connectivity index (χ0n) is 11.0. The van der Waals surface area contributed by atoms with Gasteiger partial charge in [0.25, 0.3) is 0 Å². The zero-order valence-corrected chi connectivity index (χ0v) is 11.0. The zero-order chi connectivity index (χ0) is 11.9. The Kier molecular flexibility index (Phi) is 2.58. The predicted octanol–water partition coefficient (Wildman–Crippen LogP) is 2.46. The van der Waals surface area contributed by atoms with Gasteiger partial charge in [0.1, 0.15) is 0 Å². The van der Waals surface area contributed by atoms with Crippen molar-refractivity contribution in [3.63, 3.8) is 0 Å². The second-order valence-electron chi connectivity index (χ2n) is 6.05. The molecule has 0 unspecified atom stereocenters. The van der Waals surface area contributed by atoms with E-state index >= 15 is 0 Å². The third-order valence-electron chi connectivity index (χ3n) is 4.94. The van der Waals surface area contributed by atoms with Crippen LogP contribution in [0.4, 0.5) is 5.69 Å². The molecule has 0 aromatic heterocycles. The van der Waals surface area contributed by atoms with Gasteiger partial charge >= 0.3 is 0 Å². The monoisotopic (exact) mass is 242 g/mol. The van der Waals surface area contributed by atoms with Gasteiger partial charge in [-0.2, -0.15) is 0 Å². The number of nitrogens with zero attached hydrogens (tertiary/aromatic N) is 1. The minimum atomic E-state index is 0.809. The number of piperidine rings is 1. The maximum absolute atomic E-state index is 3.48. The summed E-state index contributed by atoms with van der Waals surface area (Å²) in [5.74, 6) is 0.809. The van der Waals surface area contributed by atoms with Crippen molar-refractivity contribution >= 4 is 5.69 Å². The van der Waals surface area contributed by atoms with E-state index < -0.39 is 0 Å². The standard InChI is InChI=1S/C16H22N2/c1-2-13-10-15(12-3-6-17-7-4-12)11-14-5-9-18(8-1)16(13)14/h10-12,17H,1-9H2. The Morgan fingerprint density at radius 2 is 1.78 bits per heavy atom. The second-order valence-corrected chi connectivity index (χ2v) is 6.05. The van der Waals surface area contributed by atoms with Crippen molar-refractivity contribution in [1.82, 2.24) is 5.32 Å². The topological polar surface area (TPSA) is 15.3 Å². The number of rotatable bonds is 1. The Balaban J connectivity index is 1.73. The highest BCUT2D eigenvalue weighted by atomic mass is 15.2. The van der Waals surface area contributed by atoms with E-state index in [2.05, 4.69) is 22.3 Å². The van der Waals surface area contributed by atoms with Gasteiger partial charge in [-0.3, -0.25) is 0 Å². The van der Waals surface area contributed by atoms with Crippen LogP contribution >= 0.6 is 0 Å². The molecular formula is C16H22N2. The maximum atomic E-state index is 3.48. The van der Waals surface area contributed by atoms with E-state index in [4.69, 9.17) is 0 Å². The van der Waals surface area contributed by atoms with E-state index in [1.807, 2.05) is 0 Å². The Morgan fingerprint density at radius 3 is 2.61 bits per heavy atom. The molecule has 1 N–H and O–H groups in total. The van der Waals surface area contributed by atoms with Crippen LogP contribution in [0.3, 0.4) is 0 Å². The summed E-state index contributed by atoms with van der Waals surface area (Å²) in [6.07, 6.45) is 6.57. The van der Waals surface area contributed by atoms with Crippen LogP contribution < -0.4 is 10.2 Å². The summed E-state index contributed by atoms with van der Waals surface area (Å²) in [5.41, 5.74) is 6.53. The molecule has 0 aliphatic carbocycles. The highest BCUT2D eigenvalue weighted by molar-refractivity contribution is 5.66. The van der Waals surface area contributed by atoms with Crippen molar-refractivity contribution in [3.05, 3.63) is 28.8 Å². The SMILES string of the molecule is c1c(C2CCNCC2)cc2c3c1CCCN3CC2. The Hall–Kier alpha value is -1.02. The first-order valence-corrected chi connectivity index (χ1v) is 7.53. The molecule has 0 radical (unpaired) electrons. The largest absolute Gasteiger partial charge is 0.371 e. The van der Waals surface area contributed by atoms with E-state index in [1.54, 1.807) is 22.4 Å². The van der Waals surface area contributed by atoms with Crippen molar-refractivity contribution in [2.24, 2.45) is 0 Å². The maximum Gasteiger partial charge on any atom is 0.0432 e. The molecule has 3 aliphatic rings. The molecule has 0 bridgehead atoms. The van der Waals surface area contributed by atoms with Crippen LogP contribution in [0.1, 0.15) is 41.9 Å². The van der Waals surface area contributed by atoms with Crippen molar-refractivity contribution in [2.45, 2.75) is 38.0 Å². The lowest BCUT2D eigenvalue weighted by molar-refractivity contribution is 0.460. The van der Waals surface area contributed by atoms with Gasteiger partial charge in [-0.25, -0.2) is 0 Å².